The first kappa shape index (κ1) is 10.5. The highest BCUT2D eigenvalue weighted by molar-refractivity contribution is 4.96. The Hall–Kier alpha value is -0.0400. The van der Waals surface area contributed by atoms with Crippen LogP contribution in [0.25, 0.3) is 0 Å². The number of methoxy groups -OCH3 is 1. The van der Waals surface area contributed by atoms with Gasteiger partial charge < -0.3 is 4.74 Å². The van der Waals surface area contributed by atoms with Crippen molar-refractivity contribution in [3.63, 3.8) is 0 Å². The SMILES string of the molecule is CCC1CCC2(CC1)CC(COC)C2. The standard InChI is InChI=1S/C13H24O/c1-3-11-4-6-13(7-5-11)8-12(9-13)10-14-2/h11-12H,3-10H2,1-2H3. The first-order valence-corrected chi connectivity index (χ1v) is 6.27. The van der Waals surface area contributed by atoms with E-state index in [1.807, 2.05) is 7.11 Å². The Bertz CT molecular complexity index is 164. The van der Waals surface area contributed by atoms with Crippen LogP contribution in [0.1, 0.15) is 51.9 Å². The normalized spacial score (nSPS) is 42.4. The molecule has 0 aromatic rings. The second-order valence-electron chi connectivity index (χ2n) is 5.58. The summed E-state index contributed by atoms with van der Waals surface area (Å²) in [6, 6.07) is 0. The summed E-state index contributed by atoms with van der Waals surface area (Å²) in [6.07, 6.45) is 10.3. The Morgan fingerprint density at radius 2 is 1.79 bits per heavy atom. The largest absolute Gasteiger partial charge is 0.384 e. The van der Waals surface area contributed by atoms with Crippen LogP contribution >= 0.6 is 0 Å². The van der Waals surface area contributed by atoms with E-state index in [1.54, 1.807) is 0 Å². The van der Waals surface area contributed by atoms with Crippen LogP contribution in [-0.4, -0.2) is 13.7 Å². The molecule has 2 saturated carbocycles. The van der Waals surface area contributed by atoms with Crippen LogP contribution in [0.3, 0.4) is 0 Å². The van der Waals surface area contributed by atoms with Crippen molar-refractivity contribution in [2.45, 2.75) is 51.9 Å². The van der Waals surface area contributed by atoms with Gasteiger partial charge in [-0.15, -0.1) is 0 Å². The minimum absolute atomic E-state index is 0.773. The van der Waals surface area contributed by atoms with E-state index in [0.29, 0.717) is 0 Å². The zero-order valence-corrected chi connectivity index (χ0v) is 9.72. The lowest BCUT2D eigenvalue weighted by atomic mass is 9.54. The fourth-order valence-electron chi connectivity index (χ4n) is 3.62. The van der Waals surface area contributed by atoms with Crippen molar-refractivity contribution in [1.82, 2.24) is 0 Å². The number of hydrogen-bond donors (Lipinski definition) is 0. The molecule has 0 bridgehead atoms. The van der Waals surface area contributed by atoms with E-state index in [1.165, 1.54) is 44.9 Å². The van der Waals surface area contributed by atoms with Gasteiger partial charge >= 0.3 is 0 Å². The quantitative estimate of drug-likeness (QED) is 0.669. The van der Waals surface area contributed by atoms with Gasteiger partial charge in [-0.1, -0.05) is 13.3 Å². The van der Waals surface area contributed by atoms with Crippen LogP contribution in [0, 0.1) is 17.3 Å². The zero-order valence-electron chi connectivity index (χ0n) is 9.72. The first-order valence-electron chi connectivity index (χ1n) is 6.27. The molecule has 1 heteroatoms. The van der Waals surface area contributed by atoms with Gasteiger partial charge in [-0.2, -0.15) is 0 Å². The van der Waals surface area contributed by atoms with Gasteiger partial charge in [0.25, 0.3) is 0 Å². The molecule has 0 unspecified atom stereocenters. The van der Waals surface area contributed by atoms with Crippen LogP contribution in [0.4, 0.5) is 0 Å². The van der Waals surface area contributed by atoms with Gasteiger partial charge in [-0.05, 0) is 55.8 Å². The van der Waals surface area contributed by atoms with Crippen molar-refractivity contribution in [3.8, 4) is 0 Å². The van der Waals surface area contributed by atoms with Gasteiger partial charge in [-0.25, -0.2) is 0 Å². The Kier molecular flexibility index (Phi) is 3.16. The second-order valence-corrected chi connectivity index (χ2v) is 5.58. The Morgan fingerprint density at radius 1 is 1.14 bits per heavy atom. The first-order chi connectivity index (χ1) is 6.78. The molecule has 1 nitrogen and oxygen atoms in total. The molecule has 0 atom stereocenters. The highest BCUT2D eigenvalue weighted by atomic mass is 16.5. The smallest absolute Gasteiger partial charge is 0.0490 e. The molecular formula is C13H24O. The number of ether oxygens (including phenoxy) is 1. The Balaban J connectivity index is 1.74. The lowest BCUT2D eigenvalue weighted by Gasteiger charge is -2.51. The highest BCUT2D eigenvalue weighted by Gasteiger charge is 2.45. The number of rotatable bonds is 3. The van der Waals surface area contributed by atoms with E-state index < -0.39 is 0 Å². The molecule has 0 radical (unpaired) electrons. The summed E-state index contributed by atoms with van der Waals surface area (Å²) in [5.41, 5.74) is 0.773. The monoisotopic (exact) mass is 196 g/mol. The van der Waals surface area contributed by atoms with Crippen molar-refractivity contribution in [2.75, 3.05) is 13.7 Å². The molecule has 0 N–H and O–H groups in total. The van der Waals surface area contributed by atoms with Crippen molar-refractivity contribution < 1.29 is 4.74 Å². The minimum atomic E-state index is 0.773. The molecular weight excluding hydrogens is 172 g/mol. The summed E-state index contributed by atoms with van der Waals surface area (Å²) < 4.78 is 5.22. The molecule has 0 aromatic heterocycles. The Morgan fingerprint density at radius 3 is 2.29 bits per heavy atom. The van der Waals surface area contributed by atoms with Crippen molar-refractivity contribution >= 4 is 0 Å². The van der Waals surface area contributed by atoms with Gasteiger partial charge in [0.2, 0.25) is 0 Å². The van der Waals surface area contributed by atoms with E-state index >= 15 is 0 Å². The molecule has 2 aliphatic rings. The van der Waals surface area contributed by atoms with Gasteiger partial charge in [-0.3, -0.25) is 0 Å². The molecule has 2 rings (SSSR count). The molecule has 82 valence electrons. The topological polar surface area (TPSA) is 9.23 Å². The van der Waals surface area contributed by atoms with E-state index in [9.17, 15) is 0 Å². The summed E-state index contributed by atoms with van der Waals surface area (Å²) in [5, 5.41) is 0. The average molecular weight is 196 g/mol. The fourth-order valence-corrected chi connectivity index (χ4v) is 3.62. The van der Waals surface area contributed by atoms with Gasteiger partial charge in [0.05, 0.1) is 0 Å². The summed E-state index contributed by atoms with van der Waals surface area (Å²) in [5.74, 6) is 1.93. The Labute approximate surface area is 88.2 Å². The van der Waals surface area contributed by atoms with Crippen molar-refractivity contribution in [3.05, 3.63) is 0 Å². The number of hydrogen-bond acceptors (Lipinski definition) is 1. The van der Waals surface area contributed by atoms with Gasteiger partial charge in [0.1, 0.15) is 0 Å². The van der Waals surface area contributed by atoms with Crippen molar-refractivity contribution in [1.29, 1.82) is 0 Å². The maximum absolute atomic E-state index is 5.22. The summed E-state index contributed by atoms with van der Waals surface area (Å²) in [4.78, 5) is 0. The van der Waals surface area contributed by atoms with Gasteiger partial charge in [0, 0.05) is 13.7 Å². The van der Waals surface area contributed by atoms with Crippen LogP contribution < -0.4 is 0 Å². The molecule has 0 aromatic carbocycles. The lowest BCUT2D eigenvalue weighted by molar-refractivity contribution is -0.0334. The van der Waals surface area contributed by atoms with E-state index in [2.05, 4.69) is 6.92 Å². The van der Waals surface area contributed by atoms with Crippen LogP contribution in [0.2, 0.25) is 0 Å². The predicted molar refractivity (Wildman–Crippen MR) is 59.3 cm³/mol. The lowest BCUT2D eigenvalue weighted by Crippen LogP contribution is -2.41. The highest BCUT2D eigenvalue weighted by Crippen LogP contribution is 2.55. The van der Waals surface area contributed by atoms with Gasteiger partial charge in [0.15, 0.2) is 0 Å². The predicted octanol–water partition coefficient (Wildman–Crippen LogP) is 3.63. The molecule has 0 heterocycles. The average Bonchev–Trinajstić information content (AvgIpc) is 2.17. The molecule has 14 heavy (non-hydrogen) atoms. The third kappa shape index (κ3) is 1.98. The summed E-state index contributed by atoms with van der Waals surface area (Å²) in [6.45, 7) is 3.34. The fraction of sp³-hybridized carbons (Fsp3) is 1.00. The second kappa shape index (κ2) is 4.22. The third-order valence-electron chi connectivity index (χ3n) is 4.59. The summed E-state index contributed by atoms with van der Waals surface area (Å²) in [7, 11) is 1.83. The van der Waals surface area contributed by atoms with Crippen LogP contribution in [-0.2, 0) is 4.74 Å². The van der Waals surface area contributed by atoms with Crippen LogP contribution in [0.15, 0.2) is 0 Å². The van der Waals surface area contributed by atoms with E-state index in [0.717, 1.165) is 23.9 Å². The zero-order chi connectivity index (χ0) is 10.0. The molecule has 2 aliphatic carbocycles. The molecule has 0 saturated heterocycles. The molecule has 1 spiro atoms. The van der Waals surface area contributed by atoms with E-state index in [-0.39, 0.29) is 0 Å². The third-order valence-corrected chi connectivity index (χ3v) is 4.59. The van der Waals surface area contributed by atoms with Crippen molar-refractivity contribution in [2.24, 2.45) is 17.3 Å². The molecule has 0 aliphatic heterocycles. The maximum Gasteiger partial charge on any atom is 0.0490 e. The van der Waals surface area contributed by atoms with E-state index in [4.69, 9.17) is 4.74 Å². The van der Waals surface area contributed by atoms with Crippen LogP contribution in [0.5, 0.6) is 0 Å². The molecule has 2 fully saturated rings. The molecule has 0 amide bonds. The minimum Gasteiger partial charge on any atom is -0.384 e. The summed E-state index contributed by atoms with van der Waals surface area (Å²) >= 11 is 0. The maximum atomic E-state index is 5.22.